The van der Waals surface area contributed by atoms with E-state index in [4.69, 9.17) is 4.52 Å². The van der Waals surface area contributed by atoms with Crippen molar-refractivity contribution in [3.05, 3.63) is 29.3 Å². The van der Waals surface area contributed by atoms with Crippen LogP contribution >= 0.6 is 11.3 Å². The van der Waals surface area contributed by atoms with Crippen LogP contribution in [0.25, 0.3) is 10.6 Å². The van der Waals surface area contributed by atoms with Crippen molar-refractivity contribution in [2.75, 3.05) is 13.2 Å². The average Bonchev–Trinajstić information content (AvgIpc) is 3.17. The van der Waals surface area contributed by atoms with Gasteiger partial charge in [0, 0.05) is 12.6 Å². The van der Waals surface area contributed by atoms with Crippen LogP contribution in [0, 0.1) is 5.92 Å². The van der Waals surface area contributed by atoms with Gasteiger partial charge in [0.1, 0.15) is 0 Å². The molecule has 1 amide bonds. The Morgan fingerprint density at radius 1 is 1.65 bits per heavy atom. The van der Waals surface area contributed by atoms with Gasteiger partial charge in [0.15, 0.2) is 11.5 Å². The first kappa shape index (κ1) is 13.3. The smallest absolute Gasteiger partial charge is 0.276 e. The molecular weight excluding hydrogens is 276 g/mol. The molecule has 6 heteroatoms. The molecule has 1 aliphatic heterocycles. The van der Waals surface area contributed by atoms with Crippen LogP contribution in [0.15, 0.2) is 28.1 Å². The van der Waals surface area contributed by atoms with Gasteiger partial charge >= 0.3 is 0 Å². The predicted molar refractivity (Wildman–Crippen MR) is 75.5 cm³/mol. The van der Waals surface area contributed by atoms with Gasteiger partial charge < -0.3 is 14.5 Å². The normalized spacial score (nSPS) is 22.4. The van der Waals surface area contributed by atoms with Gasteiger partial charge in [-0.25, -0.2) is 0 Å². The van der Waals surface area contributed by atoms with Crippen molar-refractivity contribution < 1.29 is 14.4 Å². The van der Waals surface area contributed by atoms with Crippen molar-refractivity contribution in [2.24, 2.45) is 5.92 Å². The molecule has 2 unspecified atom stereocenters. The molecule has 106 valence electrons. The molecule has 20 heavy (non-hydrogen) atoms. The zero-order valence-electron chi connectivity index (χ0n) is 11.2. The number of carbonyl (C=O) groups is 1. The predicted octanol–water partition coefficient (Wildman–Crippen LogP) is 2.25. The molecule has 3 rings (SSSR count). The molecule has 2 atom stereocenters. The van der Waals surface area contributed by atoms with Gasteiger partial charge in [-0.2, -0.15) is 0 Å². The third-order valence-corrected chi connectivity index (χ3v) is 4.71. The standard InChI is InChI=1S/C14H16N2O3S/c1-9-4-5-16(11(9)8-17)14(18)10-7-12(19-15-10)13-3-2-6-20-13/h2-3,6-7,9,11,17H,4-5,8H2,1H3. The molecule has 2 aromatic heterocycles. The highest BCUT2D eigenvalue weighted by molar-refractivity contribution is 7.13. The molecule has 5 nitrogen and oxygen atoms in total. The SMILES string of the molecule is CC1CCN(C(=O)c2cc(-c3cccs3)on2)C1CO. The van der Waals surface area contributed by atoms with E-state index in [1.54, 1.807) is 22.3 Å². The quantitative estimate of drug-likeness (QED) is 0.942. The number of amides is 1. The number of thiophene rings is 1. The Hall–Kier alpha value is -1.66. The van der Waals surface area contributed by atoms with E-state index in [0.717, 1.165) is 11.3 Å². The van der Waals surface area contributed by atoms with E-state index in [1.807, 2.05) is 24.4 Å². The number of likely N-dealkylation sites (tertiary alicyclic amines) is 1. The average molecular weight is 292 g/mol. The zero-order chi connectivity index (χ0) is 14.1. The van der Waals surface area contributed by atoms with Crippen molar-refractivity contribution in [3.63, 3.8) is 0 Å². The topological polar surface area (TPSA) is 66.6 Å². The summed E-state index contributed by atoms with van der Waals surface area (Å²) in [6.45, 7) is 2.70. The summed E-state index contributed by atoms with van der Waals surface area (Å²) in [5.41, 5.74) is 0.306. The molecule has 0 aromatic carbocycles. The summed E-state index contributed by atoms with van der Waals surface area (Å²) < 4.78 is 5.24. The summed E-state index contributed by atoms with van der Waals surface area (Å²) in [4.78, 5) is 15.1. The van der Waals surface area contributed by atoms with Crippen LogP contribution < -0.4 is 0 Å². The second-order valence-electron chi connectivity index (χ2n) is 5.07. The maximum Gasteiger partial charge on any atom is 0.276 e. The molecule has 1 aliphatic rings. The first-order valence-electron chi connectivity index (χ1n) is 6.63. The van der Waals surface area contributed by atoms with Crippen LogP contribution in [0.3, 0.4) is 0 Å². The minimum absolute atomic E-state index is 0.0114. The van der Waals surface area contributed by atoms with E-state index in [0.29, 0.717) is 23.9 Å². The summed E-state index contributed by atoms with van der Waals surface area (Å²) in [6, 6.07) is 5.40. The lowest BCUT2D eigenvalue weighted by Gasteiger charge is -2.24. The van der Waals surface area contributed by atoms with Crippen LogP contribution in [0.4, 0.5) is 0 Å². The molecule has 0 saturated carbocycles. The molecular formula is C14H16N2O3S. The first-order valence-corrected chi connectivity index (χ1v) is 7.51. The van der Waals surface area contributed by atoms with Gasteiger partial charge in [-0.3, -0.25) is 4.79 Å². The van der Waals surface area contributed by atoms with Crippen molar-refractivity contribution in [1.82, 2.24) is 10.1 Å². The fourth-order valence-electron chi connectivity index (χ4n) is 2.60. The van der Waals surface area contributed by atoms with Crippen molar-refractivity contribution in [3.8, 4) is 10.6 Å². The van der Waals surface area contributed by atoms with Crippen LogP contribution in [-0.4, -0.2) is 40.3 Å². The fourth-order valence-corrected chi connectivity index (χ4v) is 3.27. The van der Waals surface area contributed by atoms with Gasteiger partial charge in [-0.15, -0.1) is 11.3 Å². The Kier molecular flexibility index (Phi) is 3.58. The number of nitrogens with zero attached hydrogens (tertiary/aromatic N) is 2. The summed E-state index contributed by atoms with van der Waals surface area (Å²) in [6.07, 6.45) is 0.909. The first-order chi connectivity index (χ1) is 9.70. The Bertz CT molecular complexity index is 593. The minimum atomic E-state index is -0.167. The van der Waals surface area contributed by atoms with Gasteiger partial charge in [-0.1, -0.05) is 18.1 Å². The lowest BCUT2D eigenvalue weighted by molar-refractivity contribution is 0.0638. The van der Waals surface area contributed by atoms with E-state index in [-0.39, 0.29) is 18.6 Å². The monoisotopic (exact) mass is 292 g/mol. The molecule has 0 bridgehead atoms. The number of carbonyl (C=O) groups excluding carboxylic acids is 1. The summed E-state index contributed by atoms with van der Waals surface area (Å²) >= 11 is 1.54. The number of aliphatic hydroxyl groups excluding tert-OH is 1. The zero-order valence-corrected chi connectivity index (χ0v) is 12.0. The van der Waals surface area contributed by atoms with E-state index < -0.39 is 0 Å². The van der Waals surface area contributed by atoms with Crippen molar-refractivity contribution >= 4 is 17.2 Å². The summed E-state index contributed by atoms with van der Waals surface area (Å²) in [5.74, 6) is 0.753. The Labute approximate surface area is 120 Å². The lowest BCUT2D eigenvalue weighted by Crippen LogP contribution is -2.39. The molecule has 1 N–H and O–H groups in total. The van der Waals surface area contributed by atoms with Gasteiger partial charge in [0.25, 0.3) is 5.91 Å². The van der Waals surface area contributed by atoms with Crippen molar-refractivity contribution in [2.45, 2.75) is 19.4 Å². The van der Waals surface area contributed by atoms with Gasteiger partial charge in [0.05, 0.1) is 17.5 Å². The molecule has 2 aromatic rings. The number of aromatic nitrogens is 1. The van der Waals surface area contributed by atoms with Crippen LogP contribution in [-0.2, 0) is 0 Å². The molecule has 0 spiro atoms. The third-order valence-electron chi connectivity index (χ3n) is 3.82. The molecule has 0 aliphatic carbocycles. The second kappa shape index (κ2) is 5.38. The van der Waals surface area contributed by atoms with Gasteiger partial charge in [-0.05, 0) is 23.8 Å². The fraction of sp³-hybridized carbons (Fsp3) is 0.429. The lowest BCUT2D eigenvalue weighted by atomic mass is 10.0. The number of aliphatic hydroxyl groups is 1. The largest absolute Gasteiger partial charge is 0.394 e. The minimum Gasteiger partial charge on any atom is -0.394 e. The highest BCUT2D eigenvalue weighted by atomic mass is 32.1. The van der Waals surface area contributed by atoms with Crippen molar-refractivity contribution in [1.29, 1.82) is 0 Å². The molecule has 1 fully saturated rings. The maximum absolute atomic E-state index is 12.4. The highest BCUT2D eigenvalue weighted by Crippen LogP contribution is 2.28. The maximum atomic E-state index is 12.4. The third kappa shape index (κ3) is 2.25. The van der Waals surface area contributed by atoms with Crippen LogP contribution in [0.1, 0.15) is 23.8 Å². The Morgan fingerprint density at radius 2 is 2.50 bits per heavy atom. The molecule has 1 saturated heterocycles. The Morgan fingerprint density at radius 3 is 3.20 bits per heavy atom. The highest BCUT2D eigenvalue weighted by Gasteiger charge is 2.35. The second-order valence-corrected chi connectivity index (χ2v) is 6.02. The Balaban J connectivity index is 1.81. The van der Waals surface area contributed by atoms with Crippen LogP contribution in [0.5, 0.6) is 0 Å². The van der Waals surface area contributed by atoms with E-state index in [1.165, 1.54) is 0 Å². The van der Waals surface area contributed by atoms with E-state index >= 15 is 0 Å². The summed E-state index contributed by atoms with van der Waals surface area (Å²) in [7, 11) is 0. The molecule has 0 radical (unpaired) electrons. The van der Waals surface area contributed by atoms with Crippen LogP contribution in [0.2, 0.25) is 0 Å². The number of hydrogen-bond acceptors (Lipinski definition) is 5. The van der Waals surface area contributed by atoms with Gasteiger partial charge in [0.2, 0.25) is 0 Å². The molecule has 3 heterocycles. The summed E-state index contributed by atoms with van der Waals surface area (Å²) in [5, 5.41) is 15.2. The van der Waals surface area contributed by atoms with E-state index in [2.05, 4.69) is 5.16 Å². The number of hydrogen-bond donors (Lipinski definition) is 1. The number of rotatable bonds is 3. The van der Waals surface area contributed by atoms with E-state index in [9.17, 15) is 9.90 Å².